The van der Waals surface area contributed by atoms with E-state index in [1.54, 1.807) is 26.8 Å². The molecule has 10 atom stereocenters. The number of aliphatic hydroxyl groups excluding tert-OH is 2. The van der Waals surface area contributed by atoms with Gasteiger partial charge in [0.1, 0.15) is 6.10 Å². The van der Waals surface area contributed by atoms with Gasteiger partial charge in [0, 0.05) is 18.3 Å². The van der Waals surface area contributed by atoms with Crippen molar-refractivity contribution in [3.05, 3.63) is 11.6 Å². The zero-order valence-electron chi connectivity index (χ0n) is 23.2. The third-order valence-corrected chi connectivity index (χ3v) is 10.8. The Morgan fingerprint density at radius 1 is 1.16 bits per heavy atom. The zero-order valence-corrected chi connectivity index (χ0v) is 23.2. The highest BCUT2D eigenvalue weighted by Gasteiger charge is 2.69. The van der Waals surface area contributed by atoms with Gasteiger partial charge in [-0.3, -0.25) is 9.59 Å². The summed E-state index contributed by atoms with van der Waals surface area (Å²) >= 11 is 0. The maximum atomic E-state index is 13.5. The standard InChI is InChI=1S/C29H46O8/c1-16(30)37-22-14-19-20(31)13-18-17(26(19,4)15-21(22)32)7-11-27(5)23(8-12-29(18,27)36)28(6,35)24(33)9-10-25(2,3)34/h13,17,19,21-24,32-36H,7-12,14-15H2,1-6H3/t17-,19-,21-,22+,23-,24+,26+,27+,28+,29+/m0/s1. The van der Waals surface area contributed by atoms with Crippen LogP contribution in [0.15, 0.2) is 11.6 Å². The van der Waals surface area contributed by atoms with Crippen LogP contribution in [0.5, 0.6) is 0 Å². The van der Waals surface area contributed by atoms with Crippen LogP contribution in [0.25, 0.3) is 0 Å². The van der Waals surface area contributed by atoms with Gasteiger partial charge in [-0.2, -0.15) is 0 Å². The van der Waals surface area contributed by atoms with E-state index in [1.807, 2.05) is 13.8 Å². The van der Waals surface area contributed by atoms with Crippen molar-refractivity contribution in [2.24, 2.45) is 28.6 Å². The molecule has 0 aromatic carbocycles. The highest BCUT2D eigenvalue weighted by molar-refractivity contribution is 5.95. The van der Waals surface area contributed by atoms with Crippen molar-refractivity contribution < 1.29 is 39.9 Å². The first kappa shape index (κ1) is 28.7. The zero-order chi connectivity index (χ0) is 27.8. The Kier molecular flexibility index (Phi) is 7.07. The summed E-state index contributed by atoms with van der Waals surface area (Å²) in [5.41, 5.74) is -4.42. The molecular formula is C29H46O8. The maximum Gasteiger partial charge on any atom is 0.302 e. The summed E-state index contributed by atoms with van der Waals surface area (Å²) in [7, 11) is 0. The second-order valence-electron chi connectivity index (χ2n) is 13.8. The second-order valence-corrected chi connectivity index (χ2v) is 13.8. The smallest absolute Gasteiger partial charge is 0.302 e. The third kappa shape index (κ3) is 4.50. The second kappa shape index (κ2) is 9.12. The van der Waals surface area contributed by atoms with E-state index >= 15 is 0 Å². The average molecular weight is 523 g/mol. The van der Waals surface area contributed by atoms with E-state index in [0.29, 0.717) is 44.1 Å². The third-order valence-electron chi connectivity index (χ3n) is 10.8. The number of ether oxygens (including phenoxy) is 1. The van der Waals surface area contributed by atoms with Gasteiger partial charge in [-0.1, -0.05) is 13.8 Å². The maximum absolute atomic E-state index is 13.5. The van der Waals surface area contributed by atoms with Crippen LogP contribution in [0.4, 0.5) is 0 Å². The molecule has 0 spiro atoms. The van der Waals surface area contributed by atoms with Crippen LogP contribution in [0.1, 0.15) is 92.9 Å². The first-order chi connectivity index (χ1) is 16.9. The van der Waals surface area contributed by atoms with Gasteiger partial charge in [0.15, 0.2) is 5.78 Å². The summed E-state index contributed by atoms with van der Waals surface area (Å²) in [5, 5.41) is 55.9. The van der Waals surface area contributed by atoms with E-state index < -0.39 is 63.8 Å². The van der Waals surface area contributed by atoms with E-state index in [1.165, 1.54) is 6.92 Å². The van der Waals surface area contributed by atoms with Crippen LogP contribution in [-0.2, 0) is 14.3 Å². The summed E-state index contributed by atoms with van der Waals surface area (Å²) < 4.78 is 5.32. The molecule has 3 fully saturated rings. The number of ketones is 1. The molecule has 210 valence electrons. The minimum Gasteiger partial charge on any atom is -0.460 e. The molecule has 4 rings (SSSR count). The van der Waals surface area contributed by atoms with Crippen molar-refractivity contribution in [1.82, 2.24) is 0 Å². The summed E-state index contributed by atoms with van der Waals surface area (Å²) in [4.78, 5) is 25.0. The average Bonchev–Trinajstić information content (AvgIpc) is 3.05. The SMILES string of the molecule is CC(=O)O[C@@H]1C[C@H]2C(=O)C=C3[C@H](CC[C@]4(C)[C@@H]([C@@](C)(O)[C@H](O)CCC(C)(C)O)CC[C@@]34O)[C@@]2(C)C[C@@H]1O. The highest BCUT2D eigenvalue weighted by Crippen LogP contribution is 2.68. The van der Waals surface area contributed by atoms with E-state index in [4.69, 9.17) is 4.74 Å². The van der Waals surface area contributed by atoms with Gasteiger partial charge in [-0.15, -0.1) is 0 Å². The first-order valence-electron chi connectivity index (χ1n) is 13.8. The lowest BCUT2D eigenvalue weighted by atomic mass is 9.45. The molecule has 0 aromatic rings. The van der Waals surface area contributed by atoms with Crippen LogP contribution in [0.2, 0.25) is 0 Å². The molecule has 0 unspecified atom stereocenters. The monoisotopic (exact) mass is 522 g/mol. The number of aliphatic hydroxyl groups is 5. The fraction of sp³-hybridized carbons (Fsp3) is 0.862. The van der Waals surface area contributed by atoms with Gasteiger partial charge in [0.05, 0.1) is 29.0 Å². The van der Waals surface area contributed by atoms with Crippen LogP contribution < -0.4 is 0 Å². The van der Waals surface area contributed by atoms with E-state index in [0.717, 1.165) is 0 Å². The van der Waals surface area contributed by atoms with Crippen LogP contribution >= 0.6 is 0 Å². The summed E-state index contributed by atoms with van der Waals surface area (Å²) in [6.45, 7) is 10.2. The number of hydrogen-bond donors (Lipinski definition) is 5. The van der Waals surface area contributed by atoms with Gasteiger partial charge in [0.2, 0.25) is 0 Å². The molecule has 8 nitrogen and oxygen atoms in total. The van der Waals surface area contributed by atoms with Crippen molar-refractivity contribution in [3.8, 4) is 0 Å². The lowest BCUT2D eigenvalue weighted by Gasteiger charge is -2.60. The van der Waals surface area contributed by atoms with Crippen molar-refractivity contribution in [3.63, 3.8) is 0 Å². The van der Waals surface area contributed by atoms with Crippen LogP contribution in [-0.4, -0.2) is 72.4 Å². The summed E-state index contributed by atoms with van der Waals surface area (Å²) in [6.07, 6.45) is 2.19. The number of allylic oxidation sites excluding steroid dienone is 1. The van der Waals surface area contributed by atoms with Gasteiger partial charge in [0.25, 0.3) is 0 Å². The fourth-order valence-corrected chi connectivity index (χ4v) is 8.65. The lowest BCUT2D eigenvalue weighted by Crippen LogP contribution is -2.63. The molecule has 37 heavy (non-hydrogen) atoms. The molecule has 0 bridgehead atoms. The lowest BCUT2D eigenvalue weighted by molar-refractivity contribution is -0.182. The van der Waals surface area contributed by atoms with Crippen molar-refractivity contribution in [2.75, 3.05) is 0 Å². The number of esters is 1. The molecule has 3 saturated carbocycles. The Morgan fingerprint density at radius 2 is 1.81 bits per heavy atom. The quantitative estimate of drug-likeness (QED) is 0.335. The molecule has 0 heterocycles. The molecule has 4 aliphatic rings. The highest BCUT2D eigenvalue weighted by atomic mass is 16.6. The molecule has 0 amide bonds. The van der Waals surface area contributed by atoms with Crippen LogP contribution in [0, 0.1) is 28.6 Å². The number of carbonyl (C=O) groups is 2. The van der Waals surface area contributed by atoms with E-state index in [2.05, 4.69) is 0 Å². The fourth-order valence-electron chi connectivity index (χ4n) is 8.65. The minimum atomic E-state index is -1.48. The Bertz CT molecular complexity index is 965. The van der Waals surface area contributed by atoms with Gasteiger partial charge >= 0.3 is 5.97 Å². The first-order valence-corrected chi connectivity index (χ1v) is 13.8. The molecule has 0 saturated heterocycles. The molecule has 4 aliphatic carbocycles. The van der Waals surface area contributed by atoms with Crippen molar-refractivity contribution in [2.45, 2.75) is 128 Å². The molecule has 5 N–H and O–H groups in total. The number of carbonyl (C=O) groups excluding carboxylic acids is 2. The van der Waals surface area contributed by atoms with Gasteiger partial charge in [-0.05, 0) is 101 Å². The number of hydrogen-bond acceptors (Lipinski definition) is 8. The normalized spacial score (nSPS) is 44.1. The predicted octanol–water partition coefficient (Wildman–Crippen LogP) is 2.42. The van der Waals surface area contributed by atoms with E-state index in [-0.39, 0.29) is 24.5 Å². The Morgan fingerprint density at radius 3 is 2.41 bits per heavy atom. The largest absolute Gasteiger partial charge is 0.460 e. The molecular weight excluding hydrogens is 476 g/mol. The molecule has 8 heteroatoms. The molecule has 0 radical (unpaired) electrons. The van der Waals surface area contributed by atoms with Gasteiger partial charge < -0.3 is 30.3 Å². The van der Waals surface area contributed by atoms with Gasteiger partial charge in [-0.25, -0.2) is 0 Å². The Hall–Kier alpha value is -1.32. The molecule has 0 aliphatic heterocycles. The van der Waals surface area contributed by atoms with Crippen molar-refractivity contribution in [1.29, 1.82) is 0 Å². The summed E-state index contributed by atoms with van der Waals surface area (Å²) in [6, 6.07) is 0. The predicted molar refractivity (Wildman–Crippen MR) is 136 cm³/mol. The Balaban J connectivity index is 1.64. The number of rotatable bonds is 6. The Labute approximate surface area is 220 Å². The number of fused-ring (bicyclic) bond motifs is 5. The minimum absolute atomic E-state index is 0.115. The van der Waals surface area contributed by atoms with Crippen LogP contribution in [0.3, 0.4) is 0 Å². The van der Waals surface area contributed by atoms with Crippen molar-refractivity contribution >= 4 is 11.8 Å². The topological polar surface area (TPSA) is 145 Å². The van der Waals surface area contributed by atoms with E-state index in [9.17, 15) is 35.1 Å². The molecule has 0 aromatic heterocycles. The summed E-state index contributed by atoms with van der Waals surface area (Å²) in [5.74, 6) is -1.54.